The summed E-state index contributed by atoms with van der Waals surface area (Å²) in [5.41, 5.74) is 1.57. The second kappa shape index (κ2) is 7.12. The van der Waals surface area contributed by atoms with Crippen molar-refractivity contribution in [2.45, 2.75) is 76.5 Å². The van der Waals surface area contributed by atoms with Crippen molar-refractivity contribution >= 4 is 5.97 Å². The minimum absolute atomic E-state index is 0.0252. The Labute approximate surface area is 155 Å². The monoisotopic (exact) mass is 350 g/mol. The molecule has 0 heterocycles. The number of hydrogen-bond acceptors (Lipinski definition) is 3. The smallest absolute Gasteiger partial charge is 0.337 e. The summed E-state index contributed by atoms with van der Waals surface area (Å²) in [5.74, 6) is -1.15. The lowest BCUT2D eigenvalue weighted by atomic mass is 9.50. The van der Waals surface area contributed by atoms with Gasteiger partial charge in [-0.3, -0.25) is 0 Å². The molecular weight excluding hydrogens is 324 g/mol. The van der Waals surface area contributed by atoms with Crippen LogP contribution in [-0.4, -0.2) is 11.1 Å². The molecule has 1 aromatic carbocycles. The number of unbranched alkanes of at least 4 members (excludes halogenated alkanes) is 2. The summed E-state index contributed by atoms with van der Waals surface area (Å²) in [6.45, 7) is 2.24. The van der Waals surface area contributed by atoms with Gasteiger partial charge in [-0.05, 0) is 67.4 Å². The van der Waals surface area contributed by atoms with Gasteiger partial charge >= 0.3 is 5.97 Å². The fraction of sp³-hybridized carbons (Fsp3) is 0.591. The number of aromatic carboxylic acids is 1. The summed E-state index contributed by atoms with van der Waals surface area (Å²) >= 11 is 0. The highest BCUT2D eigenvalue weighted by atomic mass is 16.4. The van der Waals surface area contributed by atoms with Crippen LogP contribution in [0.5, 0.6) is 0 Å². The quantitative estimate of drug-likeness (QED) is 0.705. The first-order valence-electron chi connectivity index (χ1n) is 9.72. The van der Waals surface area contributed by atoms with Crippen molar-refractivity contribution in [3.8, 4) is 12.1 Å². The summed E-state index contributed by atoms with van der Waals surface area (Å²) in [5, 5.41) is 28.5. The topological polar surface area (TPSA) is 84.9 Å². The Morgan fingerprint density at radius 1 is 1.04 bits per heavy atom. The molecule has 3 fully saturated rings. The third kappa shape index (κ3) is 2.99. The molecule has 4 rings (SSSR count). The number of carbonyl (C=O) groups is 1. The molecular formula is C22H26N2O2. The van der Waals surface area contributed by atoms with Gasteiger partial charge in [-0.25, -0.2) is 4.79 Å². The van der Waals surface area contributed by atoms with E-state index in [1.807, 2.05) is 6.07 Å². The van der Waals surface area contributed by atoms with E-state index in [1.165, 1.54) is 51.0 Å². The Morgan fingerprint density at radius 2 is 1.65 bits per heavy atom. The number of rotatable bonds is 6. The van der Waals surface area contributed by atoms with Crippen molar-refractivity contribution in [3.63, 3.8) is 0 Å². The Hall–Kier alpha value is -2.33. The minimum atomic E-state index is -1.15. The van der Waals surface area contributed by atoms with E-state index < -0.39 is 5.97 Å². The molecule has 4 heteroatoms. The summed E-state index contributed by atoms with van der Waals surface area (Å²) in [6.07, 6.45) is 11.9. The molecule has 3 aliphatic carbocycles. The molecule has 0 aliphatic heterocycles. The number of carboxylic acids is 1. The molecule has 4 nitrogen and oxygen atoms in total. The number of benzene rings is 1. The van der Waals surface area contributed by atoms with Gasteiger partial charge in [-0.2, -0.15) is 10.5 Å². The summed E-state index contributed by atoms with van der Waals surface area (Å²) in [6, 6.07) is 7.44. The maximum absolute atomic E-state index is 11.4. The van der Waals surface area contributed by atoms with Crippen LogP contribution in [0.4, 0.5) is 0 Å². The van der Waals surface area contributed by atoms with Crippen molar-refractivity contribution < 1.29 is 9.90 Å². The van der Waals surface area contributed by atoms with E-state index in [0.29, 0.717) is 5.41 Å². The SMILES string of the molecule is CCCCCC12CCC(c3ccc(C(=O)O)c(C#N)c3C#N)(CC1)CC2. The van der Waals surface area contributed by atoms with Crippen LogP contribution >= 0.6 is 0 Å². The van der Waals surface area contributed by atoms with Gasteiger partial charge in [0.2, 0.25) is 0 Å². The van der Waals surface area contributed by atoms with Crippen LogP contribution in [0.1, 0.15) is 98.2 Å². The Bertz CT molecular complexity index is 773. The van der Waals surface area contributed by atoms with Crippen molar-refractivity contribution in [3.05, 3.63) is 34.4 Å². The lowest BCUT2D eigenvalue weighted by molar-refractivity contribution is 0.0304. The molecule has 0 radical (unpaired) electrons. The zero-order chi connectivity index (χ0) is 18.8. The van der Waals surface area contributed by atoms with Gasteiger partial charge in [0.15, 0.2) is 0 Å². The Balaban J connectivity index is 1.91. The van der Waals surface area contributed by atoms with Crippen molar-refractivity contribution in [1.29, 1.82) is 10.5 Å². The number of hydrogen-bond donors (Lipinski definition) is 1. The number of nitrogens with zero attached hydrogens (tertiary/aromatic N) is 2. The van der Waals surface area contributed by atoms with Gasteiger partial charge in [0.1, 0.15) is 12.1 Å². The highest BCUT2D eigenvalue weighted by Crippen LogP contribution is 2.60. The first kappa shape index (κ1) is 18.5. The molecule has 26 heavy (non-hydrogen) atoms. The lowest BCUT2D eigenvalue weighted by Crippen LogP contribution is -2.44. The Morgan fingerprint density at radius 3 is 2.15 bits per heavy atom. The van der Waals surface area contributed by atoms with E-state index in [0.717, 1.165) is 24.8 Å². The van der Waals surface area contributed by atoms with E-state index in [2.05, 4.69) is 13.0 Å². The van der Waals surface area contributed by atoms with Crippen molar-refractivity contribution in [1.82, 2.24) is 0 Å². The summed E-state index contributed by atoms with van der Waals surface area (Å²) < 4.78 is 0. The zero-order valence-electron chi connectivity index (χ0n) is 15.5. The van der Waals surface area contributed by atoms with Gasteiger partial charge in [0.05, 0.1) is 16.7 Å². The summed E-state index contributed by atoms with van der Waals surface area (Å²) in [7, 11) is 0. The Kier molecular flexibility index (Phi) is 5.05. The van der Waals surface area contributed by atoms with E-state index in [9.17, 15) is 20.4 Å². The fourth-order valence-electron chi connectivity index (χ4n) is 5.25. The standard InChI is InChI=1S/C22H26N2O2/c1-2-3-4-7-21-8-11-22(12-9-21,13-10-21)19-6-5-16(20(25)26)17(14-23)18(19)15-24/h5-6H,2-4,7-13H2,1H3,(H,25,26). The van der Waals surface area contributed by atoms with Crippen LogP contribution in [-0.2, 0) is 5.41 Å². The molecule has 0 spiro atoms. The third-order valence-corrected chi connectivity index (χ3v) is 6.94. The number of nitriles is 2. The zero-order valence-corrected chi connectivity index (χ0v) is 15.5. The minimum Gasteiger partial charge on any atom is -0.478 e. The normalized spacial score (nSPS) is 26.9. The molecule has 136 valence electrons. The van der Waals surface area contributed by atoms with Crippen molar-refractivity contribution in [2.75, 3.05) is 0 Å². The van der Waals surface area contributed by atoms with E-state index >= 15 is 0 Å². The van der Waals surface area contributed by atoms with Gasteiger partial charge in [0.25, 0.3) is 0 Å². The third-order valence-electron chi connectivity index (χ3n) is 6.94. The largest absolute Gasteiger partial charge is 0.478 e. The molecule has 3 aliphatic rings. The van der Waals surface area contributed by atoms with Crippen LogP contribution in [0, 0.1) is 28.1 Å². The van der Waals surface area contributed by atoms with Crippen LogP contribution in [0.2, 0.25) is 0 Å². The van der Waals surface area contributed by atoms with Crippen LogP contribution in [0.3, 0.4) is 0 Å². The fourth-order valence-corrected chi connectivity index (χ4v) is 5.25. The predicted molar refractivity (Wildman–Crippen MR) is 98.8 cm³/mol. The second-order valence-electron chi connectivity index (χ2n) is 8.18. The van der Waals surface area contributed by atoms with E-state index in [-0.39, 0.29) is 22.1 Å². The van der Waals surface area contributed by atoms with Gasteiger partial charge in [0, 0.05) is 0 Å². The highest BCUT2D eigenvalue weighted by Gasteiger charge is 2.49. The lowest BCUT2D eigenvalue weighted by Gasteiger charge is -2.54. The predicted octanol–water partition coefficient (Wildman–Crippen LogP) is 5.30. The first-order valence-corrected chi connectivity index (χ1v) is 9.72. The summed E-state index contributed by atoms with van der Waals surface area (Å²) in [4.78, 5) is 11.4. The molecule has 1 N–H and O–H groups in total. The molecule has 0 amide bonds. The number of carboxylic acid groups (broad SMARTS) is 1. The molecule has 0 aromatic heterocycles. The van der Waals surface area contributed by atoms with Gasteiger partial charge in [-0.1, -0.05) is 32.3 Å². The van der Waals surface area contributed by atoms with Crippen LogP contribution < -0.4 is 0 Å². The first-order chi connectivity index (χ1) is 12.5. The number of fused-ring (bicyclic) bond motifs is 3. The van der Waals surface area contributed by atoms with E-state index in [1.54, 1.807) is 6.07 Å². The maximum atomic E-state index is 11.4. The molecule has 0 unspecified atom stereocenters. The average Bonchev–Trinajstić information content (AvgIpc) is 2.68. The van der Waals surface area contributed by atoms with Crippen LogP contribution in [0.25, 0.3) is 0 Å². The highest BCUT2D eigenvalue weighted by molar-refractivity contribution is 5.92. The molecule has 0 saturated heterocycles. The van der Waals surface area contributed by atoms with Crippen LogP contribution in [0.15, 0.2) is 12.1 Å². The van der Waals surface area contributed by atoms with Gasteiger partial charge in [-0.15, -0.1) is 0 Å². The molecule has 3 saturated carbocycles. The molecule has 1 aromatic rings. The molecule has 0 atom stereocenters. The second-order valence-corrected chi connectivity index (χ2v) is 8.18. The molecule has 2 bridgehead atoms. The van der Waals surface area contributed by atoms with E-state index in [4.69, 9.17) is 0 Å². The van der Waals surface area contributed by atoms with Crippen molar-refractivity contribution in [2.24, 2.45) is 5.41 Å². The van der Waals surface area contributed by atoms with Gasteiger partial charge < -0.3 is 5.11 Å². The maximum Gasteiger partial charge on any atom is 0.337 e. The average molecular weight is 350 g/mol.